The zero-order valence-electron chi connectivity index (χ0n) is 9.82. The van der Waals surface area contributed by atoms with Crippen molar-refractivity contribution < 1.29 is 9.84 Å². The van der Waals surface area contributed by atoms with E-state index >= 15 is 0 Å². The fourth-order valence-electron chi connectivity index (χ4n) is 1.74. The van der Waals surface area contributed by atoms with Gasteiger partial charge in [-0.1, -0.05) is 0 Å². The first-order chi connectivity index (χ1) is 7.33. The van der Waals surface area contributed by atoms with Crippen LogP contribution in [-0.4, -0.2) is 74.5 Å². The van der Waals surface area contributed by atoms with Gasteiger partial charge in [0.1, 0.15) is 0 Å². The first kappa shape index (κ1) is 12.9. The normalized spacial score (nSPS) is 18.6. The predicted molar refractivity (Wildman–Crippen MR) is 61.1 cm³/mol. The van der Waals surface area contributed by atoms with E-state index in [2.05, 4.69) is 16.8 Å². The van der Waals surface area contributed by atoms with E-state index in [0.717, 1.165) is 58.8 Å². The Morgan fingerprint density at radius 1 is 1.20 bits per heavy atom. The third-order valence-corrected chi connectivity index (χ3v) is 2.85. The van der Waals surface area contributed by atoms with E-state index in [1.165, 1.54) is 0 Å². The van der Waals surface area contributed by atoms with Crippen molar-refractivity contribution in [3.05, 3.63) is 0 Å². The SMILES string of the molecule is CN(CCCCO)CCN1CCOCC1. The second kappa shape index (κ2) is 8.05. The number of likely N-dealkylation sites (N-methyl/N-ethyl adjacent to an activating group) is 1. The van der Waals surface area contributed by atoms with Gasteiger partial charge in [-0.3, -0.25) is 4.90 Å². The molecule has 0 aromatic heterocycles. The van der Waals surface area contributed by atoms with Crippen molar-refractivity contribution in [3.8, 4) is 0 Å². The van der Waals surface area contributed by atoms with Gasteiger partial charge in [-0.05, 0) is 26.4 Å². The monoisotopic (exact) mass is 216 g/mol. The van der Waals surface area contributed by atoms with Crippen LogP contribution in [0, 0.1) is 0 Å². The summed E-state index contributed by atoms with van der Waals surface area (Å²) in [4.78, 5) is 4.79. The number of ether oxygens (including phenoxy) is 1. The van der Waals surface area contributed by atoms with E-state index in [4.69, 9.17) is 9.84 Å². The smallest absolute Gasteiger partial charge is 0.0594 e. The maximum Gasteiger partial charge on any atom is 0.0594 e. The standard InChI is InChI=1S/C11H24N2O2/c1-12(4-2-3-9-14)5-6-13-7-10-15-11-8-13/h14H,2-11H2,1H3. The van der Waals surface area contributed by atoms with E-state index in [1.807, 2.05) is 0 Å². The molecule has 1 aliphatic heterocycles. The Balaban J connectivity index is 1.97. The Kier molecular flexibility index (Phi) is 6.92. The molecule has 4 nitrogen and oxygen atoms in total. The summed E-state index contributed by atoms with van der Waals surface area (Å²) in [5, 5.41) is 8.67. The molecule has 1 fully saturated rings. The number of hydrogen-bond acceptors (Lipinski definition) is 4. The van der Waals surface area contributed by atoms with Gasteiger partial charge in [-0.2, -0.15) is 0 Å². The lowest BCUT2D eigenvalue weighted by molar-refractivity contribution is 0.0344. The molecule has 0 aliphatic carbocycles. The molecule has 1 heterocycles. The van der Waals surface area contributed by atoms with Gasteiger partial charge in [0.05, 0.1) is 13.2 Å². The highest BCUT2D eigenvalue weighted by Gasteiger charge is 2.10. The number of hydrogen-bond donors (Lipinski definition) is 1. The summed E-state index contributed by atoms with van der Waals surface area (Å²) in [7, 11) is 2.15. The first-order valence-corrected chi connectivity index (χ1v) is 5.92. The Bertz CT molecular complexity index is 150. The number of nitrogens with zero attached hydrogens (tertiary/aromatic N) is 2. The van der Waals surface area contributed by atoms with E-state index in [-0.39, 0.29) is 0 Å². The minimum atomic E-state index is 0.317. The molecule has 1 saturated heterocycles. The lowest BCUT2D eigenvalue weighted by atomic mass is 10.3. The molecule has 0 amide bonds. The lowest BCUT2D eigenvalue weighted by Crippen LogP contribution is -2.40. The topological polar surface area (TPSA) is 35.9 Å². The van der Waals surface area contributed by atoms with Gasteiger partial charge in [-0.25, -0.2) is 0 Å². The Morgan fingerprint density at radius 2 is 1.93 bits per heavy atom. The van der Waals surface area contributed by atoms with Crippen LogP contribution in [0.25, 0.3) is 0 Å². The molecule has 4 heteroatoms. The van der Waals surface area contributed by atoms with Crippen molar-refractivity contribution in [1.29, 1.82) is 0 Å². The molecule has 0 unspecified atom stereocenters. The third-order valence-electron chi connectivity index (χ3n) is 2.85. The molecule has 1 rings (SSSR count). The second-order valence-electron chi connectivity index (χ2n) is 4.19. The minimum Gasteiger partial charge on any atom is -0.396 e. The molecular weight excluding hydrogens is 192 g/mol. The molecular formula is C11H24N2O2. The fraction of sp³-hybridized carbons (Fsp3) is 1.00. The van der Waals surface area contributed by atoms with Crippen molar-refractivity contribution in [2.75, 3.05) is 59.6 Å². The minimum absolute atomic E-state index is 0.317. The van der Waals surface area contributed by atoms with Crippen molar-refractivity contribution in [2.45, 2.75) is 12.8 Å². The summed E-state index contributed by atoms with van der Waals surface area (Å²) < 4.78 is 5.30. The van der Waals surface area contributed by atoms with Gasteiger partial charge >= 0.3 is 0 Å². The maximum atomic E-state index is 8.67. The molecule has 90 valence electrons. The van der Waals surface area contributed by atoms with Gasteiger partial charge in [-0.15, -0.1) is 0 Å². The average Bonchev–Trinajstić information content (AvgIpc) is 2.28. The van der Waals surface area contributed by atoms with Crippen LogP contribution in [0.4, 0.5) is 0 Å². The van der Waals surface area contributed by atoms with E-state index in [9.17, 15) is 0 Å². The molecule has 0 aromatic rings. The molecule has 0 atom stereocenters. The number of morpholine rings is 1. The lowest BCUT2D eigenvalue weighted by Gasteiger charge is -2.28. The number of aliphatic hydroxyl groups is 1. The van der Waals surface area contributed by atoms with Gasteiger partial charge in [0.2, 0.25) is 0 Å². The van der Waals surface area contributed by atoms with Crippen LogP contribution in [0.15, 0.2) is 0 Å². The van der Waals surface area contributed by atoms with Crippen LogP contribution in [0.5, 0.6) is 0 Å². The predicted octanol–water partition coefficient (Wildman–Crippen LogP) is 0.0229. The van der Waals surface area contributed by atoms with Crippen molar-refractivity contribution >= 4 is 0 Å². The molecule has 0 saturated carbocycles. The third kappa shape index (κ3) is 6.10. The second-order valence-corrected chi connectivity index (χ2v) is 4.19. The van der Waals surface area contributed by atoms with Gasteiger partial charge in [0.25, 0.3) is 0 Å². The van der Waals surface area contributed by atoms with Crippen LogP contribution >= 0.6 is 0 Å². The zero-order chi connectivity index (χ0) is 10.9. The Labute approximate surface area is 92.8 Å². The largest absolute Gasteiger partial charge is 0.396 e. The van der Waals surface area contributed by atoms with Crippen LogP contribution < -0.4 is 0 Å². The first-order valence-electron chi connectivity index (χ1n) is 5.92. The number of rotatable bonds is 7. The summed E-state index contributed by atoms with van der Waals surface area (Å²) in [6.45, 7) is 7.57. The molecule has 0 radical (unpaired) electrons. The van der Waals surface area contributed by atoms with Crippen molar-refractivity contribution in [3.63, 3.8) is 0 Å². The highest BCUT2D eigenvalue weighted by molar-refractivity contribution is 4.64. The summed E-state index contributed by atoms with van der Waals surface area (Å²) in [6.07, 6.45) is 2.01. The molecule has 0 bridgehead atoms. The van der Waals surface area contributed by atoms with Crippen LogP contribution in [0.2, 0.25) is 0 Å². The molecule has 1 aliphatic rings. The number of aliphatic hydroxyl groups excluding tert-OH is 1. The number of unbranched alkanes of at least 4 members (excludes halogenated alkanes) is 1. The summed E-state index contributed by atoms with van der Waals surface area (Å²) in [5.41, 5.74) is 0. The van der Waals surface area contributed by atoms with E-state index in [1.54, 1.807) is 0 Å². The summed E-state index contributed by atoms with van der Waals surface area (Å²) in [5.74, 6) is 0. The van der Waals surface area contributed by atoms with Crippen molar-refractivity contribution in [1.82, 2.24) is 9.80 Å². The van der Waals surface area contributed by atoms with Crippen LogP contribution in [0.3, 0.4) is 0 Å². The van der Waals surface area contributed by atoms with Crippen LogP contribution in [-0.2, 0) is 4.74 Å². The molecule has 1 N–H and O–H groups in total. The van der Waals surface area contributed by atoms with Gasteiger partial charge < -0.3 is 14.7 Å². The van der Waals surface area contributed by atoms with Gasteiger partial charge in [0, 0.05) is 32.8 Å². The van der Waals surface area contributed by atoms with Crippen LogP contribution in [0.1, 0.15) is 12.8 Å². The molecule has 0 spiro atoms. The van der Waals surface area contributed by atoms with Crippen molar-refractivity contribution in [2.24, 2.45) is 0 Å². The molecule has 0 aromatic carbocycles. The summed E-state index contributed by atoms with van der Waals surface area (Å²) in [6, 6.07) is 0. The Hall–Kier alpha value is -0.160. The maximum absolute atomic E-state index is 8.67. The fourth-order valence-corrected chi connectivity index (χ4v) is 1.74. The van der Waals surface area contributed by atoms with E-state index < -0.39 is 0 Å². The summed E-state index contributed by atoms with van der Waals surface area (Å²) >= 11 is 0. The highest BCUT2D eigenvalue weighted by Crippen LogP contribution is 1.97. The van der Waals surface area contributed by atoms with E-state index in [0.29, 0.717) is 6.61 Å². The molecule has 15 heavy (non-hydrogen) atoms. The quantitative estimate of drug-likeness (QED) is 0.609. The Morgan fingerprint density at radius 3 is 2.60 bits per heavy atom. The average molecular weight is 216 g/mol. The zero-order valence-corrected chi connectivity index (χ0v) is 9.82. The highest BCUT2D eigenvalue weighted by atomic mass is 16.5. The van der Waals surface area contributed by atoms with Gasteiger partial charge in [0.15, 0.2) is 0 Å².